The molecular formula is C12H10BrN3O. The number of benzene rings is 2. The number of nitrogens with two attached hydrogens (primary N) is 1. The lowest BCUT2D eigenvalue weighted by Gasteiger charge is -2.18. The van der Waals surface area contributed by atoms with E-state index < -0.39 is 0 Å². The highest BCUT2D eigenvalue weighted by Gasteiger charge is 2.14. The van der Waals surface area contributed by atoms with Crippen molar-refractivity contribution in [2.24, 2.45) is 5.29 Å². The van der Waals surface area contributed by atoms with Crippen molar-refractivity contribution in [2.75, 3.05) is 10.7 Å². The SMILES string of the molecule is Nc1ccccc1N(N=O)c1ccccc1Br. The van der Waals surface area contributed by atoms with E-state index >= 15 is 0 Å². The molecule has 0 atom stereocenters. The minimum atomic E-state index is 0.503. The van der Waals surface area contributed by atoms with Crippen LogP contribution in [0.15, 0.2) is 58.3 Å². The Balaban J connectivity index is 2.52. The van der Waals surface area contributed by atoms with Crippen LogP contribution in [0.25, 0.3) is 0 Å². The van der Waals surface area contributed by atoms with Crippen LogP contribution in [0.1, 0.15) is 0 Å². The summed E-state index contributed by atoms with van der Waals surface area (Å²) in [5.41, 5.74) is 7.55. The molecule has 0 aromatic heterocycles. The molecule has 0 aliphatic heterocycles. The first-order valence-corrected chi connectivity index (χ1v) is 5.76. The van der Waals surface area contributed by atoms with Crippen LogP contribution in [0.2, 0.25) is 0 Å². The standard InChI is InChI=1S/C12H10BrN3O/c13-9-5-1-3-7-11(9)16(15-17)12-8-4-2-6-10(12)14/h1-8H,14H2. The summed E-state index contributed by atoms with van der Waals surface area (Å²) in [5.74, 6) is 0. The Morgan fingerprint density at radius 3 is 2.18 bits per heavy atom. The Morgan fingerprint density at radius 2 is 1.59 bits per heavy atom. The Kier molecular flexibility index (Phi) is 3.39. The van der Waals surface area contributed by atoms with Gasteiger partial charge >= 0.3 is 0 Å². The van der Waals surface area contributed by atoms with Gasteiger partial charge in [0.1, 0.15) is 0 Å². The molecule has 0 aliphatic carbocycles. The maximum Gasteiger partial charge on any atom is 0.0914 e. The normalized spacial score (nSPS) is 9.94. The van der Waals surface area contributed by atoms with Gasteiger partial charge in [-0.25, -0.2) is 0 Å². The van der Waals surface area contributed by atoms with E-state index in [0.29, 0.717) is 17.1 Å². The molecule has 86 valence electrons. The van der Waals surface area contributed by atoms with Crippen molar-refractivity contribution < 1.29 is 0 Å². The molecule has 0 unspecified atom stereocenters. The van der Waals surface area contributed by atoms with Gasteiger partial charge in [0.15, 0.2) is 0 Å². The zero-order valence-corrected chi connectivity index (χ0v) is 10.5. The van der Waals surface area contributed by atoms with Crippen LogP contribution in [-0.2, 0) is 0 Å². The van der Waals surface area contributed by atoms with Crippen LogP contribution in [0.5, 0.6) is 0 Å². The predicted molar refractivity (Wildman–Crippen MR) is 72.9 cm³/mol. The van der Waals surface area contributed by atoms with E-state index in [4.69, 9.17) is 5.73 Å². The van der Waals surface area contributed by atoms with Gasteiger partial charge < -0.3 is 5.73 Å². The average Bonchev–Trinajstić information content (AvgIpc) is 2.34. The molecular weight excluding hydrogens is 282 g/mol. The first kappa shape index (κ1) is 11.6. The highest BCUT2D eigenvalue weighted by molar-refractivity contribution is 9.10. The van der Waals surface area contributed by atoms with Gasteiger partial charge in [0.2, 0.25) is 0 Å². The maximum absolute atomic E-state index is 11.0. The summed E-state index contributed by atoms with van der Waals surface area (Å²) in [4.78, 5) is 11.0. The minimum absolute atomic E-state index is 0.503. The molecule has 0 aliphatic rings. The zero-order chi connectivity index (χ0) is 12.3. The van der Waals surface area contributed by atoms with Gasteiger partial charge in [0.05, 0.1) is 22.3 Å². The summed E-state index contributed by atoms with van der Waals surface area (Å²) in [7, 11) is 0. The van der Waals surface area contributed by atoms with Crippen LogP contribution in [0.4, 0.5) is 17.1 Å². The predicted octanol–water partition coefficient (Wildman–Crippen LogP) is 3.85. The monoisotopic (exact) mass is 291 g/mol. The summed E-state index contributed by atoms with van der Waals surface area (Å²) in [6.07, 6.45) is 0. The average molecular weight is 292 g/mol. The molecule has 17 heavy (non-hydrogen) atoms. The summed E-state index contributed by atoms with van der Waals surface area (Å²) in [5, 5.41) is 4.29. The zero-order valence-electron chi connectivity index (χ0n) is 8.88. The molecule has 0 saturated carbocycles. The van der Waals surface area contributed by atoms with Crippen molar-refractivity contribution in [2.45, 2.75) is 0 Å². The van der Waals surface area contributed by atoms with Crippen LogP contribution >= 0.6 is 15.9 Å². The molecule has 0 saturated heterocycles. The molecule has 2 N–H and O–H groups in total. The number of rotatable bonds is 3. The van der Waals surface area contributed by atoms with Crippen LogP contribution in [-0.4, -0.2) is 0 Å². The van der Waals surface area contributed by atoms with Gasteiger partial charge in [-0.1, -0.05) is 24.3 Å². The second-order valence-electron chi connectivity index (χ2n) is 3.40. The summed E-state index contributed by atoms with van der Waals surface area (Å²) in [6, 6.07) is 14.4. The second-order valence-corrected chi connectivity index (χ2v) is 4.26. The number of halogens is 1. The fourth-order valence-corrected chi connectivity index (χ4v) is 1.97. The molecule has 0 bridgehead atoms. The molecule has 2 rings (SSSR count). The summed E-state index contributed by atoms with van der Waals surface area (Å²) >= 11 is 3.38. The van der Waals surface area contributed by atoms with Crippen molar-refractivity contribution in [3.05, 3.63) is 57.9 Å². The fourth-order valence-electron chi connectivity index (χ4n) is 1.52. The largest absolute Gasteiger partial charge is 0.397 e. The fraction of sp³-hybridized carbons (Fsp3) is 0. The van der Waals surface area contributed by atoms with Gasteiger partial charge in [0, 0.05) is 4.47 Å². The molecule has 2 aromatic carbocycles. The molecule has 0 fully saturated rings. The molecule has 5 heteroatoms. The van der Waals surface area contributed by atoms with E-state index in [9.17, 15) is 4.91 Å². The third-order valence-corrected chi connectivity index (χ3v) is 3.00. The number of anilines is 3. The number of hydrogen-bond acceptors (Lipinski definition) is 3. The van der Waals surface area contributed by atoms with Gasteiger partial charge in [-0.05, 0) is 40.2 Å². The van der Waals surface area contributed by atoms with E-state index in [1.165, 1.54) is 5.01 Å². The van der Waals surface area contributed by atoms with E-state index in [0.717, 1.165) is 4.47 Å². The number of nitrogen functional groups attached to an aromatic ring is 1. The Labute approximate surface area is 107 Å². The van der Waals surface area contributed by atoms with Gasteiger partial charge in [-0.15, -0.1) is 4.91 Å². The molecule has 4 nitrogen and oxygen atoms in total. The van der Waals surface area contributed by atoms with Crippen LogP contribution in [0.3, 0.4) is 0 Å². The van der Waals surface area contributed by atoms with Gasteiger partial charge in [-0.3, -0.25) is 0 Å². The first-order chi connectivity index (χ1) is 8.24. The Bertz CT molecular complexity index is 499. The Morgan fingerprint density at radius 1 is 1.00 bits per heavy atom. The van der Waals surface area contributed by atoms with Crippen molar-refractivity contribution >= 4 is 33.0 Å². The van der Waals surface area contributed by atoms with Crippen molar-refractivity contribution in [1.82, 2.24) is 0 Å². The quantitative estimate of drug-likeness (QED) is 0.531. The lowest BCUT2D eigenvalue weighted by molar-refractivity contribution is 1.07. The lowest BCUT2D eigenvalue weighted by atomic mass is 10.2. The van der Waals surface area contributed by atoms with Crippen molar-refractivity contribution in [1.29, 1.82) is 0 Å². The lowest BCUT2D eigenvalue weighted by Crippen LogP contribution is -2.10. The van der Waals surface area contributed by atoms with Gasteiger partial charge in [-0.2, -0.15) is 5.01 Å². The van der Waals surface area contributed by atoms with Crippen LogP contribution < -0.4 is 10.7 Å². The number of hydrogen-bond donors (Lipinski definition) is 1. The topological polar surface area (TPSA) is 58.7 Å². The number of nitrogens with zero attached hydrogens (tertiary/aromatic N) is 2. The van der Waals surface area contributed by atoms with E-state index in [1.54, 1.807) is 24.3 Å². The number of para-hydroxylation sites is 3. The van der Waals surface area contributed by atoms with Crippen LogP contribution in [0, 0.1) is 4.91 Å². The van der Waals surface area contributed by atoms with Gasteiger partial charge in [0.25, 0.3) is 0 Å². The third-order valence-electron chi connectivity index (χ3n) is 2.33. The van der Waals surface area contributed by atoms with E-state index in [2.05, 4.69) is 21.2 Å². The maximum atomic E-state index is 11.0. The molecule has 2 aromatic rings. The summed E-state index contributed by atoms with van der Waals surface area (Å²) in [6.45, 7) is 0. The van der Waals surface area contributed by atoms with E-state index in [1.807, 2.05) is 24.3 Å². The minimum Gasteiger partial charge on any atom is -0.397 e. The molecule has 0 radical (unpaired) electrons. The highest BCUT2D eigenvalue weighted by atomic mass is 79.9. The highest BCUT2D eigenvalue weighted by Crippen LogP contribution is 2.34. The smallest absolute Gasteiger partial charge is 0.0914 e. The summed E-state index contributed by atoms with van der Waals surface area (Å²) < 4.78 is 0.780. The van der Waals surface area contributed by atoms with E-state index in [-0.39, 0.29) is 0 Å². The second kappa shape index (κ2) is 4.97. The number of nitroso groups, excluding NO2 is 1. The Hall–Kier alpha value is -1.88. The molecule has 0 amide bonds. The third kappa shape index (κ3) is 2.29. The van der Waals surface area contributed by atoms with Crippen molar-refractivity contribution in [3.8, 4) is 0 Å². The van der Waals surface area contributed by atoms with Crippen molar-refractivity contribution in [3.63, 3.8) is 0 Å². The molecule has 0 heterocycles. The molecule has 0 spiro atoms. The first-order valence-electron chi connectivity index (χ1n) is 4.96.